The number of carbonyl (C=O) groups excluding carboxylic acids is 1. The van der Waals surface area contributed by atoms with E-state index < -0.39 is 0 Å². The molecule has 1 aromatic heterocycles. The smallest absolute Gasteiger partial charge is 0.323 e. The number of nitrogens with one attached hydrogen (secondary N) is 1. The van der Waals surface area contributed by atoms with Gasteiger partial charge in [0.15, 0.2) is 0 Å². The second-order valence-corrected chi connectivity index (χ2v) is 5.31. The van der Waals surface area contributed by atoms with Gasteiger partial charge in [0, 0.05) is 24.5 Å². The maximum atomic E-state index is 11.5. The number of rotatable bonds is 3. The predicted molar refractivity (Wildman–Crippen MR) is 79.6 cm³/mol. The van der Waals surface area contributed by atoms with E-state index >= 15 is 0 Å². The van der Waals surface area contributed by atoms with Crippen molar-refractivity contribution in [1.82, 2.24) is 10.3 Å². The molecule has 1 aromatic carbocycles. The molecule has 110 valence electrons. The Morgan fingerprint density at radius 3 is 3.10 bits per heavy atom. The summed E-state index contributed by atoms with van der Waals surface area (Å²) >= 11 is 6.16. The number of esters is 1. The van der Waals surface area contributed by atoms with Crippen molar-refractivity contribution in [3.8, 4) is 5.75 Å². The van der Waals surface area contributed by atoms with Crippen LogP contribution in [0.2, 0.25) is 5.02 Å². The third-order valence-corrected chi connectivity index (χ3v) is 3.88. The first kappa shape index (κ1) is 14.1. The predicted octanol–water partition coefficient (Wildman–Crippen LogP) is 2.17. The van der Waals surface area contributed by atoms with E-state index in [1.54, 1.807) is 12.3 Å². The molecule has 0 aliphatic carbocycles. The van der Waals surface area contributed by atoms with Gasteiger partial charge in [-0.15, -0.1) is 0 Å². The van der Waals surface area contributed by atoms with Crippen LogP contribution in [0.1, 0.15) is 6.42 Å². The van der Waals surface area contributed by atoms with Crippen LogP contribution in [0.25, 0.3) is 10.9 Å². The van der Waals surface area contributed by atoms with Gasteiger partial charge >= 0.3 is 5.97 Å². The Kier molecular flexibility index (Phi) is 3.94. The molecule has 3 rings (SSSR count). The largest absolute Gasteiger partial charge is 0.487 e. The highest BCUT2D eigenvalue weighted by Gasteiger charge is 2.31. The van der Waals surface area contributed by atoms with Gasteiger partial charge in [0.1, 0.15) is 23.4 Å². The number of fused-ring (bicyclic) bond motifs is 1. The number of carbonyl (C=O) groups is 1. The van der Waals surface area contributed by atoms with Crippen molar-refractivity contribution in [3.63, 3.8) is 0 Å². The highest BCUT2D eigenvalue weighted by Crippen LogP contribution is 2.31. The zero-order valence-electron chi connectivity index (χ0n) is 11.5. The normalized spacial score (nSPS) is 21.4. The van der Waals surface area contributed by atoms with Crippen LogP contribution in [0.4, 0.5) is 0 Å². The Morgan fingerprint density at radius 2 is 2.29 bits per heavy atom. The van der Waals surface area contributed by atoms with E-state index in [2.05, 4.69) is 10.3 Å². The van der Waals surface area contributed by atoms with Crippen molar-refractivity contribution in [2.45, 2.75) is 18.6 Å². The minimum atomic E-state index is -0.313. The number of hydrogen-bond acceptors (Lipinski definition) is 5. The first-order valence-corrected chi connectivity index (χ1v) is 7.08. The van der Waals surface area contributed by atoms with E-state index in [0.29, 0.717) is 23.7 Å². The van der Waals surface area contributed by atoms with Gasteiger partial charge in [0.05, 0.1) is 12.1 Å². The standard InChI is InChI=1S/C15H15ClN2O3/c1-20-15(19)12-7-9(8-18-12)21-13-5-4-11(16)10-3-2-6-17-14(10)13/h2-6,9,12,18H,7-8H2,1H3/t9-,12-/m0/s1. The third kappa shape index (κ3) is 2.80. The highest BCUT2D eigenvalue weighted by molar-refractivity contribution is 6.35. The number of nitrogens with zero attached hydrogens (tertiary/aromatic N) is 1. The third-order valence-electron chi connectivity index (χ3n) is 3.55. The maximum Gasteiger partial charge on any atom is 0.323 e. The molecule has 1 N–H and O–H groups in total. The summed E-state index contributed by atoms with van der Waals surface area (Å²) in [5.74, 6) is 0.410. The topological polar surface area (TPSA) is 60.5 Å². The zero-order valence-corrected chi connectivity index (χ0v) is 12.3. The van der Waals surface area contributed by atoms with E-state index in [9.17, 15) is 4.79 Å². The number of benzene rings is 1. The van der Waals surface area contributed by atoms with Crippen molar-refractivity contribution in [1.29, 1.82) is 0 Å². The van der Waals surface area contributed by atoms with Gasteiger partial charge in [-0.2, -0.15) is 0 Å². The first-order valence-electron chi connectivity index (χ1n) is 6.70. The minimum Gasteiger partial charge on any atom is -0.487 e. The van der Waals surface area contributed by atoms with Crippen molar-refractivity contribution in [3.05, 3.63) is 35.5 Å². The van der Waals surface area contributed by atoms with Crippen molar-refractivity contribution >= 4 is 28.5 Å². The molecule has 0 bridgehead atoms. The first-order chi connectivity index (χ1) is 10.2. The molecule has 0 amide bonds. The number of aromatic nitrogens is 1. The van der Waals surface area contributed by atoms with Gasteiger partial charge in [0.2, 0.25) is 0 Å². The van der Waals surface area contributed by atoms with Gasteiger partial charge in [-0.05, 0) is 24.3 Å². The summed E-state index contributed by atoms with van der Waals surface area (Å²) in [4.78, 5) is 15.8. The van der Waals surface area contributed by atoms with Crippen LogP contribution in [0.3, 0.4) is 0 Å². The molecule has 5 nitrogen and oxygen atoms in total. The monoisotopic (exact) mass is 306 g/mol. The molecule has 2 atom stereocenters. The lowest BCUT2D eigenvalue weighted by Crippen LogP contribution is -2.31. The molecule has 0 radical (unpaired) electrons. The Labute approximate surface area is 127 Å². The number of pyridine rings is 1. The maximum absolute atomic E-state index is 11.5. The SMILES string of the molecule is COC(=O)[C@@H]1C[C@H](Oc2ccc(Cl)c3cccnc23)CN1. The summed E-state index contributed by atoms with van der Waals surface area (Å²) in [7, 11) is 1.38. The molecule has 0 spiro atoms. The number of halogens is 1. The highest BCUT2D eigenvalue weighted by atomic mass is 35.5. The van der Waals surface area contributed by atoms with Crippen LogP contribution in [0, 0.1) is 0 Å². The van der Waals surface area contributed by atoms with Crippen molar-refractivity contribution in [2.24, 2.45) is 0 Å². The lowest BCUT2D eigenvalue weighted by Gasteiger charge is -2.14. The summed E-state index contributed by atoms with van der Waals surface area (Å²) in [6.07, 6.45) is 2.18. The molecule has 0 unspecified atom stereocenters. The Bertz CT molecular complexity index is 677. The molecular weight excluding hydrogens is 292 g/mol. The average molecular weight is 307 g/mol. The molecule has 1 aliphatic heterocycles. The van der Waals surface area contributed by atoms with Gasteiger partial charge in [0.25, 0.3) is 0 Å². The van der Waals surface area contributed by atoms with Gasteiger partial charge in [-0.1, -0.05) is 11.6 Å². The molecular formula is C15H15ClN2O3. The van der Waals surface area contributed by atoms with Gasteiger partial charge in [-0.25, -0.2) is 0 Å². The second-order valence-electron chi connectivity index (χ2n) is 4.90. The minimum absolute atomic E-state index is 0.0968. The fraction of sp³-hybridized carbons (Fsp3) is 0.333. The van der Waals surface area contributed by atoms with E-state index in [1.807, 2.05) is 18.2 Å². The van der Waals surface area contributed by atoms with E-state index in [1.165, 1.54) is 7.11 Å². The molecule has 6 heteroatoms. The molecule has 1 saturated heterocycles. The number of methoxy groups -OCH3 is 1. The number of ether oxygens (including phenoxy) is 2. The lowest BCUT2D eigenvalue weighted by molar-refractivity contribution is -0.142. The summed E-state index contributed by atoms with van der Waals surface area (Å²) in [6.45, 7) is 0.594. The Hall–Kier alpha value is -1.85. The summed E-state index contributed by atoms with van der Waals surface area (Å²) in [5.41, 5.74) is 0.728. The molecule has 21 heavy (non-hydrogen) atoms. The van der Waals surface area contributed by atoms with Crippen molar-refractivity contribution in [2.75, 3.05) is 13.7 Å². The average Bonchev–Trinajstić information content (AvgIpc) is 2.98. The van der Waals surface area contributed by atoms with Crippen LogP contribution >= 0.6 is 11.6 Å². The van der Waals surface area contributed by atoms with Crippen LogP contribution < -0.4 is 10.1 Å². The van der Waals surface area contributed by atoms with Crippen LogP contribution in [-0.2, 0) is 9.53 Å². The van der Waals surface area contributed by atoms with Crippen molar-refractivity contribution < 1.29 is 14.3 Å². The van der Waals surface area contributed by atoms with Crippen LogP contribution in [0.5, 0.6) is 5.75 Å². The van der Waals surface area contributed by atoms with E-state index in [-0.39, 0.29) is 18.1 Å². The quantitative estimate of drug-likeness (QED) is 0.881. The zero-order chi connectivity index (χ0) is 14.8. The fourth-order valence-corrected chi connectivity index (χ4v) is 2.72. The number of hydrogen-bond donors (Lipinski definition) is 1. The molecule has 0 saturated carbocycles. The lowest BCUT2D eigenvalue weighted by atomic mass is 10.2. The van der Waals surface area contributed by atoms with Gasteiger partial charge < -0.3 is 14.8 Å². The van der Waals surface area contributed by atoms with Crippen LogP contribution in [0.15, 0.2) is 30.5 Å². The summed E-state index contributed by atoms with van der Waals surface area (Å²) in [6, 6.07) is 7.03. The summed E-state index contributed by atoms with van der Waals surface area (Å²) < 4.78 is 10.7. The molecule has 2 aromatic rings. The fourth-order valence-electron chi connectivity index (χ4n) is 2.50. The summed E-state index contributed by atoms with van der Waals surface area (Å²) in [5, 5.41) is 4.59. The van der Waals surface area contributed by atoms with E-state index in [0.717, 1.165) is 10.9 Å². The second kappa shape index (κ2) is 5.87. The van der Waals surface area contributed by atoms with Crippen LogP contribution in [-0.4, -0.2) is 36.8 Å². The van der Waals surface area contributed by atoms with Gasteiger partial charge in [-0.3, -0.25) is 9.78 Å². The molecule has 2 heterocycles. The Morgan fingerprint density at radius 1 is 1.43 bits per heavy atom. The Balaban J connectivity index is 1.80. The molecule has 1 fully saturated rings. The molecule has 1 aliphatic rings. The van der Waals surface area contributed by atoms with E-state index in [4.69, 9.17) is 21.1 Å².